The van der Waals surface area contributed by atoms with E-state index in [1.807, 2.05) is 0 Å². The Kier molecular flexibility index (Phi) is 4.77. The van der Waals surface area contributed by atoms with Gasteiger partial charge in [-0.1, -0.05) is 5.92 Å². The highest BCUT2D eigenvalue weighted by Crippen LogP contribution is 2.16. The van der Waals surface area contributed by atoms with Crippen molar-refractivity contribution in [3.63, 3.8) is 0 Å². The maximum atomic E-state index is 11.3. The molecule has 2 nitrogen and oxygen atoms in total. The van der Waals surface area contributed by atoms with Crippen molar-refractivity contribution < 1.29 is 4.79 Å². The van der Waals surface area contributed by atoms with Gasteiger partial charge in [0, 0.05) is 5.88 Å². The number of hydrogen-bond donors (Lipinski definition) is 1. The van der Waals surface area contributed by atoms with Gasteiger partial charge in [0.15, 0.2) is 0 Å². The first-order valence-electron chi connectivity index (χ1n) is 3.78. The number of hydrogen-bond acceptors (Lipinski definition) is 1. The zero-order valence-electron chi connectivity index (χ0n) is 7.70. The SMILES string of the molecule is CC#CCNC(=O)C(C)(C)CCl. The minimum atomic E-state index is -0.503. The van der Waals surface area contributed by atoms with Crippen LogP contribution in [0.1, 0.15) is 20.8 Å². The van der Waals surface area contributed by atoms with E-state index < -0.39 is 5.41 Å². The van der Waals surface area contributed by atoms with E-state index in [0.29, 0.717) is 12.4 Å². The summed E-state index contributed by atoms with van der Waals surface area (Å²) in [4.78, 5) is 11.3. The van der Waals surface area contributed by atoms with Gasteiger partial charge in [0.1, 0.15) is 0 Å². The fourth-order valence-corrected chi connectivity index (χ4v) is 0.634. The van der Waals surface area contributed by atoms with Gasteiger partial charge in [0.25, 0.3) is 0 Å². The van der Waals surface area contributed by atoms with Gasteiger partial charge in [-0.2, -0.15) is 0 Å². The minimum Gasteiger partial charge on any atom is -0.345 e. The Balaban J connectivity index is 3.93. The quantitative estimate of drug-likeness (QED) is 0.525. The van der Waals surface area contributed by atoms with E-state index in [9.17, 15) is 4.79 Å². The molecule has 0 fully saturated rings. The van der Waals surface area contributed by atoms with Gasteiger partial charge in [0.2, 0.25) is 5.91 Å². The molecule has 0 aliphatic rings. The van der Waals surface area contributed by atoms with Gasteiger partial charge in [-0.3, -0.25) is 4.79 Å². The summed E-state index contributed by atoms with van der Waals surface area (Å²) in [7, 11) is 0. The first kappa shape index (κ1) is 11.3. The second-order valence-corrected chi connectivity index (χ2v) is 3.39. The van der Waals surface area contributed by atoms with E-state index in [0.717, 1.165) is 0 Å². The highest BCUT2D eigenvalue weighted by Gasteiger charge is 2.25. The van der Waals surface area contributed by atoms with Crippen LogP contribution in [0.4, 0.5) is 0 Å². The summed E-state index contributed by atoms with van der Waals surface area (Å²) in [5.74, 6) is 5.71. The van der Waals surface area contributed by atoms with Crippen molar-refractivity contribution in [2.45, 2.75) is 20.8 Å². The molecule has 0 saturated heterocycles. The molecule has 0 spiro atoms. The number of nitrogens with one attached hydrogen (secondary N) is 1. The first-order valence-corrected chi connectivity index (χ1v) is 4.32. The smallest absolute Gasteiger partial charge is 0.227 e. The van der Waals surface area contributed by atoms with Gasteiger partial charge in [-0.15, -0.1) is 17.5 Å². The molecule has 0 aromatic carbocycles. The highest BCUT2D eigenvalue weighted by molar-refractivity contribution is 6.19. The minimum absolute atomic E-state index is 0.0553. The van der Waals surface area contributed by atoms with Crippen LogP contribution >= 0.6 is 11.6 Å². The standard InChI is InChI=1S/C9H14ClNO/c1-4-5-6-11-8(12)9(2,3)7-10/h6-7H2,1-3H3,(H,11,12). The third kappa shape index (κ3) is 3.64. The molecule has 0 aromatic rings. The molecule has 0 radical (unpaired) electrons. The Morgan fingerprint density at radius 3 is 2.58 bits per heavy atom. The van der Waals surface area contributed by atoms with E-state index in [4.69, 9.17) is 11.6 Å². The van der Waals surface area contributed by atoms with Crippen LogP contribution in [0.5, 0.6) is 0 Å². The summed E-state index contributed by atoms with van der Waals surface area (Å²) < 4.78 is 0. The Labute approximate surface area is 78.7 Å². The second-order valence-electron chi connectivity index (χ2n) is 3.13. The zero-order chi connectivity index (χ0) is 9.61. The van der Waals surface area contributed by atoms with Crippen LogP contribution in [0, 0.1) is 17.3 Å². The molecule has 0 aromatic heterocycles. The van der Waals surface area contributed by atoms with Gasteiger partial charge in [-0.05, 0) is 20.8 Å². The first-order chi connectivity index (χ1) is 5.54. The Morgan fingerprint density at radius 2 is 2.17 bits per heavy atom. The molecule has 12 heavy (non-hydrogen) atoms. The fraction of sp³-hybridized carbons (Fsp3) is 0.667. The summed E-state index contributed by atoms with van der Waals surface area (Å²) in [6.45, 7) is 5.73. The molecule has 0 aliphatic heterocycles. The van der Waals surface area contributed by atoms with Crippen molar-refractivity contribution in [1.82, 2.24) is 5.32 Å². The Bertz CT molecular complexity index is 212. The monoisotopic (exact) mass is 187 g/mol. The second kappa shape index (κ2) is 5.05. The average molecular weight is 188 g/mol. The number of carbonyl (C=O) groups excluding carboxylic acids is 1. The molecule has 0 atom stereocenters. The highest BCUT2D eigenvalue weighted by atomic mass is 35.5. The fourth-order valence-electron chi connectivity index (χ4n) is 0.513. The summed E-state index contributed by atoms with van der Waals surface area (Å²) in [6.07, 6.45) is 0. The molecule has 0 heterocycles. The normalized spacial score (nSPS) is 10.0. The number of carbonyl (C=O) groups is 1. The summed E-state index contributed by atoms with van der Waals surface area (Å²) >= 11 is 5.60. The molecule has 0 aliphatic carbocycles. The number of amides is 1. The molecule has 1 N–H and O–H groups in total. The summed E-state index contributed by atoms with van der Waals surface area (Å²) in [5, 5.41) is 2.68. The summed E-state index contributed by atoms with van der Waals surface area (Å²) in [5.41, 5.74) is -0.503. The van der Waals surface area contributed by atoms with Crippen molar-refractivity contribution in [2.75, 3.05) is 12.4 Å². The predicted molar refractivity (Wildman–Crippen MR) is 51.0 cm³/mol. The van der Waals surface area contributed by atoms with Crippen molar-refractivity contribution in [2.24, 2.45) is 5.41 Å². The lowest BCUT2D eigenvalue weighted by Crippen LogP contribution is -2.38. The number of halogens is 1. The summed E-state index contributed by atoms with van der Waals surface area (Å²) in [6, 6.07) is 0. The predicted octanol–water partition coefficient (Wildman–Crippen LogP) is 1.39. The van der Waals surface area contributed by atoms with E-state index in [1.54, 1.807) is 20.8 Å². The van der Waals surface area contributed by atoms with Gasteiger partial charge < -0.3 is 5.32 Å². The third-order valence-electron chi connectivity index (χ3n) is 1.46. The Hall–Kier alpha value is -0.680. The molecule has 1 amide bonds. The van der Waals surface area contributed by atoms with Crippen LogP contribution in [0.15, 0.2) is 0 Å². The lowest BCUT2D eigenvalue weighted by Gasteiger charge is -2.19. The van der Waals surface area contributed by atoms with Crippen molar-refractivity contribution in [1.29, 1.82) is 0 Å². The maximum absolute atomic E-state index is 11.3. The molecule has 0 unspecified atom stereocenters. The van der Waals surface area contributed by atoms with E-state index >= 15 is 0 Å². The lowest BCUT2D eigenvalue weighted by atomic mass is 9.95. The third-order valence-corrected chi connectivity index (χ3v) is 2.13. The van der Waals surface area contributed by atoms with Gasteiger partial charge in [-0.25, -0.2) is 0 Å². The van der Waals surface area contributed by atoms with Crippen LogP contribution in [-0.2, 0) is 4.79 Å². The van der Waals surface area contributed by atoms with E-state index in [1.165, 1.54) is 0 Å². The van der Waals surface area contributed by atoms with E-state index in [2.05, 4.69) is 17.2 Å². The lowest BCUT2D eigenvalue weighted by molar-refractivity contribution is -0.128. The van der Waals surface area contributed by atoms with Crippen molar-refractivity contribution >= 4 is 17.5 Å². The largest absolute Gasteiger partial charge is 0.345 e. The van der Waals surface area contributed by atoms with Crippen molar-refractivity contribution in [3.8, 4) is 11.8 Å². The van der Waals surface area contributed by atoms with Crippen LogP contribution in [0.2, 0.25) is 0 Å². The Morgan fingerprint density at radius 1 is 1.58 bits per heavy atom. The van der Waals surface area contributed by atoms with E-state index in [-0.39, 0.29) is 5.91 Å². The van der Waals surface area contributed by atoms with Gasteiger partial charge in [0.05, 0.1) is 12.0 Å². The van der Waals surface area contributed by atoms with Crippen LogP contribution < -0.4 is 5.32 Å². The molecular formula is C9H14ClNO. The average Bonchev–Trinajstić information content (AvgIpc) is 2.05. The maximum Gasteiger partial charge on any atom is 0.227 e. The van der Waals surface area contributed by atoms with Crippen LogP contribution in [-0.4, -0.2) is 18.3 Å². The molecule has 68 valence electrons. The molecule has 0 bridgehead atoms. The topological polar surface area (TPSA) is 29.1 Å². The molecule has 0 saturated carbocycles. The number of alkyl halides is 1. The van der Waals surface area contributed by atoms with Crippen LogP contribution in [0.3, 0.4) is 0 Å². The molecule has 0 rings (SSSR count). The number of rotatable bonds is 3. The molecular weight excluding hydrogens is 174 g/mol. The zero-order valence-corrected chi connectivity index (χ0v) is 8.46. The van der Waals surface area contributed by atoms with Crippen LogP contribution in [0.25, 0.3) is 0 Å². The molecule has 3 heteroatoms. The van der Waals surface area contributed by atoms with Crippen molar-refractivity contribution in [3.05, 3.63) is 0 Å². The van der Waals surface area contributed by atoms with Gasteiger partial charge >= 0.3 is 0 Å².